The monoisotopic (exact) mass is 177 g/mol. The molecule has 70 valence electrons. The molecule has 0 bridgehead atoms. The molecular weight excluding hydrogens is 162 g/mol. The first kappa shape index (κ1) is 8.57. The summed E-state index contributed by atoms with van der Waals surface area (Å²) in [7, 11) is 1.95. The molecule has 0 aromatic heterocycles. The minimum Gasteiger partial charge on any atom is -0.406 e. The number of fused-ring (bicyclic) bond motifs is 1. The van der Waals surface area contributed by atoms with Gasteiger partial charge in [-0.1, -0.05) is 26.0 Å². The molecule has 0 saturated carbocycles. The van der Waals surface area contributed by atoms with E-state index in [1.807, 2.05) is 12.1 Å². The summed E-state index contributed by atoms with van der Waals surface area (Å²) in [5.74, 6) is 1.60. The summed E-state index contributed by atoms with van der Waals surface area (Å²) >= 11 is 0. The van der Waals surface area contributed by atoms with Crippen molar-refractivity contribution >= 4 is 0 Å². The van der Waals surface area contributed by atoms with Gasteiger partial charge in [-0.15, -0.1) is 5.06 Å². The predicted octanol–water partition coefficient (Wildman–Crippen LogP) is 2.55. The molecule has 13 heavy (non-hydrogen) atoms. The molecule has 2 rings (SSSR count). The van der Waals surface area contributed by atoms with Crippen LogP contribution in [0.5, 0.6) is 5.75 Å². The first-order valence-corrected chi connectivity index (χ1v) is 4.69. The Kier molecular flexibility index (Phi) is 2.00. The van der Waals surface area contributed by atoms with E-state index in [2.05, 4.69) is 32.0 Å². The summed E-state index contributed by atoms with van der Waals surface area (Å²) in [6.45, 7) is 5.32. The van der Waals surface area contributed by atoms with Crippen molar-refractivity contribution in [3.8, 4) is 5.75 Å². The highest BCUT2D eigenvalue weighted by molar-refractivity contribution is 5.39. The van der Waals surface area contributed by atoms with Crippen molar-refractivity contribution in [3.63, 3.8) is 0 Å². The second-order valence-electron chi connectivity index (χ2n) is 3.90. The molecule has 0 aliphatic carbocycles. The van der Waals surface area contributed by atoms with Crippen molar-refractivity contribution in [2.24, 2.45) is 0 Å². The van der Waals surface area contributed by atoms with Crippen LogP contribution in [0.2, 0.25) is 0 Å². The van der Waals surface area contributed by atoms with Gasteiger partial charge in [0.25, 0.3) is 0 Å². The van der Waals surface area contributed by atoms with Crippen LogP contribution in [0.25, 0.3) is 0 Å². The summed E-state index contributed by atoms with van der Waals surface area (Å²) in [4.78, 5) is 5.47. The second kappa shape index (κ2) is 3.04. The van der Waals surface area contributed by atoms with E-state index in [-0.39, 0.29) is 0 Å². The maximum Gasteiger partial charge on any atom is 0.152 e. The van der Waals surface area contributed by atoms with Gasteiger partial charge in [-0.25, -0.2) is 0 Å². The van der Waals surface area contributed by atoms with Crippen LogP contribution in [0.15, 0.2) is 18.2 Å². The molecule has 0 amide bonds. The molecule has 0 fully saturated rings. The topological polar surface area (TPSA) is 12.5 Å². The molecule has 0 saturated heterocycles. The summed E-state index contributed by atoms with van der Waals surface area (Å²) in [5.41, 5.74) is 2.69. The average Bonchev–Trinajstić information content (AvgIpc) is 2.42. The van der Waals surface area contributed by atoms with E-state index in [0.29, 0.717) is 5.92 Å². The van der Waals surface area contributed by atoms with Crippen molar-refractivity contribution in [1.29, 1.82) is 0 Å². The Morgan fingerprint density at radius 2 is 2.15 bits per heavy atom. The Morgan fingerprint density at radius 3 is 2.85 bits per heavy atom. The third-order valence-electron chi connectivity index (χ3n) is 2.40. The van der Waals surface area contributed by atoms with Crippen LogP contribution in [0.1, 0.15) is 30.9 Å². The van der Waals surface area contributed by atoms with Gasteiger partial charge in [0.2, 0.25) is 0 Å². The maximum atomic E-state index is 5.47. The van der Waals surface area contributed by atoms with Crippen LogP contribution in [0.3, 0.4) is 0 Å². The van der Waals surface area contributed by atoms with Crippen LogP contribution < -0.4 is 4.84 Å². The van der Waals surface area contributed by atoms with E-state index < -0.39 is 0 Å². The van der Waals surface area contributed by atoms with Crippen LogP contribution in [-0.4, -0.2) is 12.1 Å². The van der Waals surface area contributed by atoms with Crippen molar-refractivity contribution in [2.75, 3.05) is 7.05 Å². The number of nitrogens with zero attached hydrogens (tertiary/aromatic N) is 1. The molecule has 1 aromatic rings. The lowest BCUT2D eigenvalue weighted by Gasteiger charge is -2.06. The van der Waals surface area contributed by atoms with Gasteiger partial charge in [0, 0.05) is 12.6 Å². The first-order valence-electron chi connectivity index (χ1n) is 4.69. The third-order valence-corrected chi connectivity index (χ3v) is 2.40. The lowest BCUT2D eigenvalue weighted by molar-refractivity contribution is -0.0137. The molecule has 1 heterocycles. The number of hydrogen-bond acceptors (Lipinski definition) is 2. The molecule has 0 atom stereocenters. The maximum absolute atomic E-state index is 5.47. The highest BCUT2D eigenvalue weighted by Crippen LogP contribution is 2.29. The number of hydrogen-bond donors (Lipinski definition) is 0. The molecule has 0 unspecified atom stereocenters. The minimum atomic E-state index is 0.594. The normalized spacial score (nSPS) is 16.0. The van der Waals surface area contributed by atoms with E-state index >= 15 is 0 Å². The lowest BCUT2D eigenvalue weighted by Crippen LogP contribution is -2.13. The van der Waals surface area contributed by atoms with Crippen LogP contribution in [0, 0.1) is 0 Å². The average molecular weight is 177 g/mol. The van der Waals surface area contributed by atoms with Gasteiger partial charge in [-0.3, -0.25) is 0 Å². The molecule has 2 heteroatoms. The molecular formula is C11H15NO. The quantitative estimate of drug-likeness (QED) is 0.653. The molecule has 1 aliphatic rings. The highest BCUT2D eigenvalue weighted by atomic mass is 16.7. The zero-order valence-electron chi connectivity index (χ0n) is 8.37. The van der Waals surface area contributed by atoms with Gasteiger partial charge < -0.3 is 4.84 Å². The van der Waals surface area contributed by atoms with Gasteiger partial charge in [0.1, 0.15) is 0 Å². The molecule has 0 radical (unpaired) electrons. The fourth-order valence-corrected chi connectivity index (χ4v) is 1.61. The highest BCUT2D eigenvalue weighted by Gasteiger charge is 2.17. The Morgan fingerprint density at radius 1 is 1.38 bits per heavy atom. The fraction of sp³-hybridized carbons (Fsp3) is 0.455. The summed E-state index contributed by atoms with van der Waals surface area (Å²) in [6, 6.07) is 6.44. The smallest absolute Gasteiger partial charge is 0.152 e. The summed E-state index contributed by atoms with van der Waals surface area (Å²) in [5, 5.41) is 1.86. The van der Waals surface area contributed by atoms with Crippen molar-refractivity contribution in [3.05, 3.63) is 29.3 Å². The van der Waals surface area contributed by atoms with Crippen LogP contribution in [0.4, 0.5) is 0 Å². The van der Waals surface area contributed by atoms with Crippen LogP contribution in [-0.2, 0) is 6.54 Å². The number of benzene rings is 1. The molecule has 2 nitrogen and oxygen atoms in total. The van der Waals surface area contributed by atoms with Gasteiger partial charge in [0.15, 0.2) is 5.75 Å². The second-order valence-corrected chi connectivity index (χ2v) is 3.90. The van der Waals surface area contributed by atoms with E-state index in [9.17, 15) is 0 Å². The Bertz CT molecular complexity index is 320. The zero-order chi connectivity index (χ0) is 9.42. The number of hydroxylamine groups is 2. The van der Waals surface area contributed by atoms with E-state index in [1.165, 1.54) is 11.1 Å². The molecule has 0 N–H and O–H groups in total. The van der Waals surface area contributed by atoms with E-state index in [1.54, 1.807) is 0 Å². The standard InChI is InChI=1S/C11H15NO/c1-8(2)9-4-5-11-10(6-9)7-12(3)13-11/h4-6,8H,7H2,1-3H3. The summed E-state index contributed by atoms with van der Waals surface area (Å²) in [6.07, 6.45) is 0. The molecule has 1 aromatic carbocycles. The van der Waals surface area contributed by atoms with E-state index in [0.717, 1.165) is 12.3 Å². The van der Waals surface area contributed by atoms with Gasteiger partial charge >= 0.3 is 0 Å². The Balaban J connectivity index is 2.35. The van der Waals surface area contributed by atoms with Crippen LogP contribution >= 0.6 is 0 Å². The van der Waals surface area contributed by atoms with Crippen molar-refractivity contribution in [2.45, 2.75) is 26.3 Å². The number of rotatable bonds is 1. The van der Waals surface area contributed by atoms with Crippen molar-refractivity contribution < 1.29 is 4.84 Å². The zero-order valence-corrected chi connectivity index (χ0v) is 8.37. The van der Waals surface area contributed by atoms with E-state index in [4.69, 9.17) is 4.84 Å². The minimum absolute atomic E-state index is 0.594. The van der Waals surface area contributed by atoms with Crippen molar-refractivity contribution in [1.82, 2.24) is 5.06 Å². The SMILES string of the molecule is CC(C)c1ccc2c(c1)CN(C)O2. The lowest BCUT2D eigenvalue weighted by atomic mass is 10.0. The Hall–Kier alpha value is -1.02. The first-order chi connectivity index (χ1) is 6.16. The molecule has 1 aliphatic heterocycles. The Labute approximate surface area is 79.1 Å². The largest absolute Gasteiger partial charge is 0.406 e. The third kappa shape index (κ3) is 1.54. The predicted molar refractivity (Wildman–Crippen MR) is 52.6 cm³/mol. The van der Waals surface area contributed by atoms with Gasteiger partial charge in [0.05, 0.1) is 6.54 Å². The molecule has 0 spiro atoms. The van der Waals surface area contributed by atoms with Gasteiger partial charge in [-0.2, -0.15) is 0 Å². The summed E-state index contributed by atoms with van der Waals surface area (Å²) < 4.78 is 0. The fourth-order valence-electron chi connectivity index (χ4n) is 1.61. The van der Waals surface area contributed by atoms with Gasteiger partial charge in [-0.05, 0) is 17.5 Å².